The number of benzene rings is 2. The summed E-state index contributed by atoms with van der Waals surface area (Å²) >= 11 is 0. The Kier molecular flexibility index (Phi) is 7.57. The molecule has 0 bridgehead atoms. The summed E-state index contributed by atoms with van der Waals surface area (Å²) < 4.78 is 18.1. The lowest BCUT2D eigenvalue weighted by Crippen LogP contribution is -2.54. The van der Waals surface area contributed by atoms with Crippen LogP contribution in [0, 0.1) is 5.92 Å². The first kappa shape index (κ1) is 25.7. The largest absolute Gasteiger partial charge is 0.495 e. The van der Waals surface area contributed by atoms with Crippen molar-refractivity contribution in [3.8, 4) is 16.9 Å². The Morgan fingerprint density at radius 1 is 1.05 bits per heavy atom. The highest BCUT2D eigenvalue weighted by molar-refractivity contribution is 5.96. The third kappa shape index (κ3) is 5.49. The van der Waals surface area contributed by atoms with E-state index in [2.05, 4.69) is 46.7 Å². The Morgan fingerprint density at radius 2 is 1.89 bits per heavy atom. The molecule has 9 heteroatoms. The average molecular weight is 516 g/mol. The molecule has 1 aliphatic heterocycles. The second-order valence-electron chi connectivity index (χ2n) is 9.75. The van der Waals surface area contributed by atoms with Gasteiger partial charge in [0.05, 0.1) is 31.7 Å². The quantitative estimate of drug-likeness (QED) is 0.330. The maximum Gasteiger partial charge on any atom is 0.254 e. The molecule has 5 rings (SSSR count). The minimum absolute atomic E-state index is 0.0315. The van der Waals surface area contributed by atoms with Gasteiger partial charge in [0.25, 0.3) is 5.91 Å². The van der Waals surface area contributed by atoms with E-state index >= 15 is 0 Å². The predicted octanol–water partition coefficient (Wildman–Crippen LogP) is 4.60. The summed E-state index contributed by atoms with van der Waals surface area (Å²) in [4.78, 5) is 19.1. The molecule has 1 unspecified atom stereocenters. The lowest BCUT2D eigenvalue weighted by Gasteiger charge is -2.38. The van der Waals surface area contributed by atoms with Gasteiger partial charge in [0.1, 0.15) is 11.6 Å². The van der Waals surface area contributed by atoms with Gasteiger partial charge in [-0.3, -0.25) is 9.48 Å². The van der Waals surface area contributed by atoms with E-state index in [0.29, 0.717) is 42.7 Å². The van der Waals surface area contributed by atoms with Crippen molar-refractivity contribution in [2.24, 2.45) is 5.92 Å². The Balaban J connectivity index is 1.33. The number of hydrogen-bond acceptors (Lipinski definition) is 7. The monoisotopic (exact) mass is 515 g/mol. The second-order valence-corrected chi connectivity index (χ2v) is 9.75. The molecule has 1 saturated heterocycles. The number of anilines is 2. The smallest absolute Gasteiger partial charge is 0.254 e. The number of carbonyl (C=O) groups is 1. The number of methoxy groups -OCH3 is 3. The van der Waals surface area contributed by atoms with Crippen LogP contribution in [0.15, 0.2) is 61.1 Å². The summed E-state index contributed by atoms with van der Waals surface area (Å²) in [6.45, 7) is 4.86. The number of nitrogens with one attached hydrogen (secondary N) is 1. The number of pyridine rings is 1. The molecule has 1 amide bonds. The van der Waals surface area contributed by atoms with Gasteiger partial charge < -0.3 is 24.4 Å². The number of amides is 1. The molecular weight excluding hydrogens is 482 g/mol. The van der Waals surface area contributed by atoms with Crippen LogP contribution >= 0.6 is 0 Å². The topological polar surface area (TPSA) is 90.7 Å². The Hall–Kier alpha value is -3.95. The number of fused-ring (bicyclic) bond motifs is 1. The summed E-state index contributed by atoms with van der Waals surface area (Å²) in [6.07, 6.45) is 5.92. The molecule has 0 spiro atoms. The summed E-state index contributed by atoms with van der Waals surface area (Å²) in [5.74, 6) is 1.61. The zero-order chi connectivity index (χ0) is 26.6. The number of carbonyl (C=O) groups excluding carboxylic acids is 1. The summed E-state index contributed by atoms with van der Waals surface area (Å²) in [5, 5.41) is 9.96. The molecule has 38 heavy (non-hydrogen) atoms. The summed E-state index contributed by atoms with van der Waals surface area (Å²) in [7, 11) is 4.98. The standard InChI is InChI=1S/C29H33N5O4/c1-19(18-36-2)14-34-15-24(13-31-34)20-5-6-22-12-30-28(11-23(22)9-20)32-26-8-7-21(10-27(26)38-4)29(35)33-16-25(17-33)37-3/h5-13,15,19,25H,14,16-18H2,1-4H3,(H,30,32). The van der Waals surface area contributed by atoms with Crippen molar-refractivity contribution in [3.63, 3.8) is 0 Å². The van der Waals surface area contributed by atoms with Gasteiger partial charge in [-0.15, -0.1) is 0 Å². The molecule has 0 aliphatic carbocycles. The molecule has 3 heterocycles. The third-order valence-electron chi connectivity index (χ3n) is 6.82. The molecule has 1 atom stereocenters. The van der Waals surface area contributed by atoms with E-state index in [1.54, 1.807) is 38.4 Å². The normalized spacial score (nSPS) is 14.4. The number of ether oxygens (including phenoxy) is 3. The highest BCUT2D eigenvalue weighted by Gasteiger charge is 2.31. The number of nitrogens with zero attached hydrogens (tertiary/aromatic N) is 4. The fraction of sp³-hybridized carbons (Fsp3) is 0.345. The van der Waals surface area contributed by atoms with E-state index in [4.69, 9.17) is 14.2 Å². The highest BCUT2D eigenvalue weighted by atomic mass is 16.5. The minimum Gasteiger partial charge on any atom is -0.495 e. The van der Waals surface area contributed by atoms with Crippen LogP contribution in [0.5, 0.6) is 5.75 Å². The fourth-order valence-electron chi connectivity index (χ4n) is 4.66. The summed E-state index contributed by atoms with van der Waals surface area (Å²) in [6, 6.07) is 13.7. The van der Waals surface area contributed by atoms with Crippen molar-refractivity contribution in [1.82, 2.24) is 19.7 Å². The molecule has 4 aromatic rings. The van der Waals surface area contributed by atoms with E-state index in [1.165, 1.54) is 0 Å². The first-order valence-electron chi connectivity index (χ1n) is 12.7. The molecule has 1 aliphatic rings. The van der Waals surface area contributed by atoms with E-state index in [0.717, 1.165) is 34.1 Å². The van der Waals surface area contributed by atoms with Crippen molar-refractivity contribution < 1.29 is 19.0 Å². The second kappa shape index (κ2) is 11.2. The Bertz CT molecular complexity index is 1430. The Morgan fingerprint density at radius 3 is 2.66 bits per heavy atom. The van der Waals surface area contributed by atoms with Gasteiger partial charge in [-0.25, -0.2) is 4.98 Å². The SMILES string of the molecule is COCC(C)Cn1cc(-c2ccc3cnc(Nc4ccc(C(=O)N5CC(OC)C5)cc4OC)cc3c2)cn1. The highest BCUT2D eigenvalue weighted by Crippen LogP contribution is 2.31. The fourth-order valence-corrected chi connectivity index (χ4v) is 4.66. The van der Waals surface area contributed by atoms with E-state index in [-0.39, 0.29) is 12.0 Å². The first-order valence-corrected chi connectivity index (χ1v) is 12.7. The van der Waals surface area contributed by atoms with Crippen LogP contribution in [0.3, 0.4) is 0 Å². The van der Waals surface area contributed by atoms with Crippen LogP contribution in [0.4, 0.5) is 11.5 Å². The van der Waals surface area contributed by atoms with Gasteiger partial charge in [-0.1, -0.05) is 19.1 Å². The van der Waals surface area contributed by atoms with Crippen LogP contribution in [0.2, 0.25) is 0 Å². The molecule has 2 aromatic heterocycles. The van der Waals surface area contributed by atoms with Gasteiger partial charge in [0.15, 0.2) is 0 Å². The first-order chi connectivity index (χ1) is 18.5. The molecule has 0 radical (unpaired) electrons. The van der Waals surface area contributed by atoms with Gasteiger partial charge in [0.2, 0.25) is 0 Å². The van der Waals surface area contributed by atoms with Gasteiger partial charge >= 0.3 is 0 Å². The molecular formula is C29H33N5O4. The van der Waals surface area contributed by atoms with Crippen LogP contribution in [-0.4, -0.2) is 72.7 Å². The molecule has 0 saturated carbocycles. The maximum absolute atomic E-state index is 12.8. The summed E-state index contributed by atoms with van der Waals surface area (Å²) in [5.41, 5.74) is 3.46. The van der Waals surface area contributed by atoms with Crippen LogP contribution < -0.4 is 10.1 Å². The van der Waals surface area contributed by atoms with Gasteiger partial charge in [-0.2, -0.15) is 5.10 Å². The van der Waals surface area contributed by atoms with E-state index < -0.39 is 0 Å². The van der Waals surface area contributed by atoms with Crippen molar-refractivity contribution in [2.45, 2.75) is 19.6 Å². The van der Waals surface area contributed by atoms with Crippen molar-refractivity contribution in [3.05, 3.63) is 66.6 Å². The molecule has 1 N–H and O–H groups in total. The van der Waals surface area contributed by atoms with Crippen LogP contribution in [0.1, 0.15) is 17.3 Å². The number of hydrogen-bond donors (Lipinski definition) is 1. The third-order valence-corrected chi connectivity index (χ3v) is 6.82. The predicted molar refractivity (Wildman–Crippen MR) is 147 cm³/mol. The lowest BCUT2D eigenvalue weighted by molar-refractivity contribution is -0.0192. The number of rotatable bonds is 10. The lowest BCUT2D eigenvalue weighted by atomic mass is 10.0. The molecule has 1 fully saturated rings. The van der Waals surface area contributed by atoms with Crippen molar-refractivity contribution >= 4 is 28.2 Å². The molecule has 198 valence electrons. The van der Waals surface area contributed by atoms with Gasteiger partial charge in [0, 0.05) is 62.8 Å². The average Bonchev–Trinajstić information content (AvgIpc) is 3.36. The van der Waals surface area contributed by atoms with E-state index in [9.17, 15) is 4.79 Å². The minimum atomic E-state index is -0.0315. The molecule has 2 aromatic carbocycles. The molecule has 9 nitrogen and oxygen atoms in total. The maximum atomic E-state index is 12.8. The Labute approximate surface area is 222 Å². The van der Waals surface area contributed by atoms with Crippen LogP contribution in [0.25, 0.3) is 21.9 Å². The van der Waals surface area contributed by atoms with Gasteiger partial charge in [-0.05, 0) is 47.2 Å². The zero-order valence-corrected chi connectivity index (χ0v) is 22.2. The number of likely N-dealkylation sites (tertiary alicyclic amines) is 1. The number of aromatic nitrogens is 3. The van der Waals surface area contributed by atoms with E-state index in [1.807, 2.05) is 29.2 Å². The van der Waals surface area contributed by atoms with Crippen LogP contribution in [-0.2, 0) is 16.0 Å². The van der Waals surface area contributed by atoms with Crippen molar-refractivity contribution in [2.75, 3.05) is 46.3 Å². The van der Waals surface area contributed by atoms with Crippen molar-refractivity contribution in [1.29, 1.82) is 0 Å². The zero-order valence-electron chi connectivity index (χ0n) is 22.2.